The summed E-state index contributed by atoms with van der Waals surface area (Å²) in [5.41, 5.74) is 2.97. The fraction of sp³-hybridized carbons (Fsp3) is 0.440. The summed E-state index contributed by atoms with van der Waals surface area (Å²) in [7, 11) is 0. The van der Waals surface area contributed by atoms with E-state index < -0.39 is 0 Å². The number of urea groups is 1. The number of fused-ring (bicyclic) bond motifs is 1. The minimum Gasteiger partial charge on any atom is -0.486 e. The predicted molar refractivity (Wildman–Crippen MR) is 132 cm³/mol. The van der Waals surface area contributed by atoms with Gasteiger partial charge in [0, 0.05) is 38.4 Å². The predicted octanol–water partition coefficient (Wildman–Crippen LogP) is 3.18. The van der Waals surface area contributed by atoms with Crippen LogP contribution in [0.1, 0.15) is 18.1 Å². The van der Waals surface area contributed by atoms with Gasteiger partial charge in [0.2, 0.25) is 5.91 Å². The van der Waals surface area contributed by atoms with Crippen molar-refractivity contribution >= 4 is 29.2 Å². The van der Waals surface area contributed by atoms with Gasteiger partial charge in [0.15, 0.2) is 11.5 Å². The van der Waals surface area contributed by atoms with Crippen LogP contribution in [0.4, 0.5) is 10.5 Å². The molecule has 4 rings (SSSR count). The molecule has 34 heavy (non-hydrogen) atoms. The molecule has 9 heteroatoms. The quantitative estimate of drug-likeness (QED) is 0.628. The van der Waals surface area contributed by atoms with E-state index in [2.05, 4.69) is 22.5 Å². The number of para-hydroxylation sites is 1. The molecule has 1 saturated heterocycles. The maximum absolute atomic E-state index is 12.6. The van der Waals surface area contributed by atoms with Crippen molar-refractivity contribution in [2.75, 3.05) is 57.8 Å². The van der Waals surface area contributed by atoms with Crippen LogP contribution < -0.4 is 20.1 Å². The van der Waals surface area contributed by atoms with Crippen LogP contribution in [0.3, 0.4) is 0 Å². The first kappa shape index (κ1) is 24.2. The number of amides is 3. The van der Waals surface area contributed by atoms with Crippen LogP contribution >= 0.6 is 11.6 Å². The second-order valence-electron chi connectivity index (χ2n) is 8.41. The van der Waals surface area contributed by atoms with Crippen LogP contribution in [0.15, 0.2) is 36.4 Å². The van der Waals surface area contributed by atoms with Crippen LogP contribution in [-0.2, 0) is 17.6 Å². The summed E-state index contributed by atoms with van der Waals surface area (Å²) >= 11 is 6.29. The molecule has 0 spiro atoms. The average molecular weight is 487 g/mol. The highest BCUT2D eigenvalue weighted by Gasteiger charge is 2.23. The number of benzene rings is 2. The molecule has 2 heterocycles. The first-order valence-electron chi connectivity index (χ1n) is 11.7. The van der Waals surface area contributed by atoms with E-state index in [1.807, 2.05) is 36.4 Å². The Labute approximate surface area is 205 Å². The Bertz CT molecular complexity index is 1020. The van der Waals surface area contributed by atoms with Crippen LogP contribution in [-0.4, -0.2) is 74.2 Å². The number of nitrogens with one attached hydrogen (secondary N) is 2. The monoisotopic (exact) mass is 486 g/mol. The lowest BCUT2D eigenvalue weighted by Crippen LogP contribution is -2.53. The molecule has 2 aromatic rings. The number of anilines is 1. The standard InChI is InChI=1S/C25H31ClN4O4/c1-2-19-5-3-4-6-21(19)28-23(31)17-29-9-11-30(12-10-29)25(32)27-8-7-18-15-20(26)24-22(16-18)33-13-14-34-24/h3-6,15-16H,2,7-14,17H2,1H3,(H,27,32)(H,28,31). The van der Waals surface area contributed by atoms with Crippen molar-refractivity contribution in [2.45, 2.75) is 19.8 Å². The van der Waals surface area contributed by atoms with Gasteiger partial charge in [-0.1, -0.05) is 36.7 Å². The fourth-order valence-electron chi connectivity index (χ4n) is 4.19. The zero-order chi connectivity index (χ0) is 23.9. The molecule has 2 aliphatic rings. The van der Waals surface area contributed by atoms with Crippen LogP contribution in [0, 0.1) is 0 Å². The minimum absolute atomic E-state index is 0.0307. The summed E-state index contributed by atoms with van der Waals surface area (Å²) in [5, 5.41) is 6.51. The Balaban J connectivity index is 1.18. The zero-order valence-electron chi connectivity index (χ0n) is 19.4. The molecule has 182 valence electrons. The fourth-order valence-corrected chi connectivity index (χ4v) is 4.47. The van der Waals surface area contributed by atoms with E-state index in [1.54, 1.807) is 4.90 Å². The van der Waals surface area contributed by atoms with Crippen molar-refractivity contribution < 1.29 is 19.1 Å². The highest BCUT2D eigenvalue weighted by Crippen LogP contribution is 2.38. The third-order valence-corrected chi connectivity index (χ3v) is 6.33. The smallest absolute Gasteiger partial charge is 0.317 e. The largest absolute Gasteiger partial charge is 0.486 e. The van der Waals surface area contributed by atoms with Gasteiger partial charge in [0.25, 0.3) is 0 Å². The summed E-state index contributed by atoms with van der Waals surface area (Å²) < 4.78 is 11.2. The number of carbonyl (C=O) groups excluding carboxylic acids is 2. The lowest BCUT2D eigenvalue weighted by atomic mass is 10.1. The molecule has 0 atom stereocenters. The second kappa shape index (κ2) is 11.4. The maximum atomic E-state index is 12.6. The number of aryl methyl sites for hydroxylation is 1. The Kier molecular flexibility index (Phi) is 8.13. The van der Waals surface area contributed by atoms with E-state index in [0.29, 0.717) is 75.4 Å². The van der Waals surface area contributed by atoms with Gasteiger partial charge in [-0.15, -0.1) is 0 Å². The summed E-state index contributed by atoms with van der Waals surface area (Å²) in [4.78, 5) is 28.9. The Morgan fingerprint density at radius 2 is 1.82 bits per heavy atom. The lowest BCUT2D eigenvalue weighted by Gasteiger charge is -2.34. The molecule has 3 amide bonds. The molecule has 0 bridgehead atoms. The maximum Gasteiger partial charge on any atom is 0.317 e. The van der Waals surface area contributed by atoms with Crippen LogP contribution in [0.2, 0.25) is 5.02 Å². The lowest BCUT2D eigenvalue weighted by molar-refractivity contribution is -0.117. The van der Waals surface area contributed by atoms with Gasteiger partial charge in [-0.3, -0.25) is 9.69 Å². The number of carbonyl (C=O) groups is 2. The second-order valence-corrected chi connectivity index (χ2v) is 8.81. The third kappa shape index (κ3) is 6.12. The highest BCUT2D eigenvalue weighted by molar-refractivity contribution is 6.32. The molecule has 1 fully saturated rings. The van der Waals surface area contributed by atoms with E-state index in [-0.39, 0.29) is 11.9 Å². The summed E-state index contributed by atoms with van der Waals surface area (Å²) in [5.74, 6) is 1.21. The molecular weight excluding hydrogens is 456 g/mol. The molecule has 0 radical (unpaired) electrons. The molecule has 2 N–H and O–H groups in total. The topological polar surface area (TPSA) is 83.1 Å². The van der Waals surface area contributed by atoms with Crippen LogP contribution in [0.25, 0.3) is 0 Å². The molecule has 0 aromatic heterocycles. The number of rotatable bonds is 7. The molecule has 0 unspecified atom stereocenters. The van der Waals surface area contributed by atoms with E-state index in [0.717, 1.165) is 23.2 Å². The molecular formula is C25H31ClN4O4. The summed E-state index contributed by atoms with van der Waals surface area (Å²) in [6.07, 6.45) is 1.51. The van der Waals surface area contributed by atoms with Crippen molar-refractivity contribution in [3.8, 4) is 11.5 Å². The highest BCUT2D eigenvalue weighted by atomic mass is 35.5. The van der Waals surface area contributed by atoms with E-state index >= 15 is 0 Å². The third-order valence-electron chi connectivity index (χ3n) is 6.05. The Hall–Kier alpha value is -2.97. The van der Waals surface area contributed by atoms with Gasteiger partial charge in [-0.2, -0.15) is 0 Å². The Morgan fingerprint density at radius 3 is 2.62 bits per heavy atom. The normalized spacial score (nSPS) is 15.6. The van der Waals surface area contributed by atoms with Gasteiger partial charge < -0.3 is 25.0 Å². The van der Waals surface area contributed by atoms with Crippen molar-refractivity contribution in [2.24, 2.45) is 0 Å². The number of hydrogen-bond donors (Lipinski definition) is 2. The molecule has 2 aromatic carbocycles. The van der Waals surface area contributed by atoms with Gasteiger partial charge in [0.1, 0.15) is 13.2 Å². The molecule has 2 aliphatic heterocycles. The van der Waals surface area contributed by atoms with Crippen LogP contribution in [0.5, 0.6) is 11.5 Å². The van der Waals surface area contributed by atoms with E-state index in [9.17, 15) is 9.59 Å². The van der Waals surface area contributed by atoms with Gasteiger partial charge in [0.05, 0.1) is 11.6 Å². The van der Waals surface area contributed by atoms with E-state index in [4.69, 9.17) is 21.1 Å². The SMILES string of the molecule is CCc1ccccc1NC(=O)CN1CCN(C(=O)NCCc2cc(Cl)c3c(c2)OCCO3)CC1. The first-order valence-corrected chi connectivity index (χ1v) is 12.1. The first-order chi connectivity index (χ1) is 16.5. The average Bonchev–Trinajstić information content (AvgIpc) is 2.85. The van der Waals surface area contributed by atoms with Gasteiger partial charge in [-0.05, 0) is 42.2 Å². The zero-order valence-corrected chi connectivity index (χ0v) is 20.2. The number of nitrogens with zero attached hydrogens (tertiary/aromatic N) is 2. The molecule has 0 aliphatic carbocycles. The number of halogens is 1. The van der Waals surface area contributed by atoms with Gasteiger partial charge in [-0.25, -0.2) is 4.79 Å². The van der Waals surface area contributed by atoms with Crippen molar-refractivity contribution in [3.05, 3.63) is 52.5 Å². The molecule has 0 saturated carbocycles. The number of hydrogen-bond acceptors (Lipinski definition) is 5. The summed E-state index contributed by atoms with van der Waals surface area (Å²) in [6.45, 7) is 6.37. The summed E-state index contributed by atoms with van der Waals surface area (Å²) in [6, 6.07) is 11.5. The van der Waals surface area contributed by atoms with Crippen molar-refractivity contribution in [1.82, 2.24) is 15.1 Å². The van der Waals surface area contributed by atoms with Crippen molar-refractivity contribution in [1.29, 1.82) is 0 Å². The number of piperazine rings is 1. The Morgan fingerprint density at radius 1 is 1.06 bits per heavy atom. The number of ether oxygens (including phenoxy) is 2. The van der Waals surface area contributed by atoms with Gasteiger partial charge >= 0.3 is 6.03 Å². The molecule has 8 nitrogen and oxygen atoms in total. The van der Waals surface area contributed by atoms with E-state index in [1.165, 1.54) is 0 Å². The van der Waals surface area contributed by atoms with Crippen molar-refractivity contribution in [3.63, 3.8) is 0 Å². The minimum atomic E-state index is -0.0929.